The molecular formula is C15H22N4O. The molecule has 5 heteroatoms. The van der Waals surface area contributed by atoms with Crippen molar-refractivity contribution in [2.45, 2.75) is 45.9 Å². The van der Waals surface area contributed by atoms with Crippen LogP contribution in [0.15, 0.2) is 30.6 Å². The third kappa shape index (κ3) is 3.57. The fraction of sp³-hybridized carbons (Fsp3) is 0.467. The molecule has 1 aromatic carbocycles. The Morgan fingerprint density at radius 2 is 2.00 bits per heavy atom. The van der Waals surface area contributed by atoms with Crippen LogP contribution < -0.4 is 10.5 Å². The minimum absolute atomic E-state index is 0.110. The second-order valence-corrected chi connectivity index (χ2v) is 5.29. The number of hydrogen-bond acceptors (Lipinski definition) is 4. The summed E-state index contributed by atoms with van der Waals surface area (Å²) in [4.78, 5) is 4.25. The summed E-state index contributed by atoms with van der Waals surface area (Å²) >= 11 is 0. The van der Waals surface area contributed by atoms with Gasteiger partial charge in [0.05, 0.1) is 0 Å². The van der Waals surface area contributed by atoms with Gasteiger partial charge in [-0.3, -0.25) is 0 Å². The number of nitrogens with zero attached hydrogens (tertiary/aromatic N) is 3. The molecule has 0 aliphatic rings. The van der Waals surface area contributed by atoms with Crippen LogP contribution in [0.5, 0.6) is 5.75 Å². The summed E-state index contributed by atoms with van der Waals surface area (Å²) in [7, 11) is 0. The molecule has 1 unspecified atom stereocenters. The molecule has 108 valence electrons. The Labute approximate surface area is 119 Å². The molecule has 2 aromatic rings. The van der Waals surface area contributed by atoms with E-state index < -0.39 is 0 Å². The number of nitrogens with two attached hydrogens (primary N) is 1. The molecule has 1 heterocycles. The van der Waals surface area contributed by atoms with E-state index in [1.54, 1.807) is 6.33 Å². The smallest absolute Gasteiger partial charge is 0.165 e. The van der Waals surface area contributed by atoms with Crippen molar-refractivity contribution in [1.82, 2.24) is 14.8 Å². The Morgan fingerprint density at radius 3 is 2.70 bits per heavy atom. The summed E-state index contributed by atoms with van der Waals surface area (Å²) in [5.41, 5.74) is 6.99. The Hall–Kier alpha value is -1.88. The van der Waals surface area contributed by atoms with E-state index >= 15 is 0 Å². The van der Waals surface area contributed by atoms with Gasteiger partial charge in [-0.1, -0.05) is 18.2 Å². The highest BCUT2D eigenvalue weighted by molar-refractivity contribution is 5.33. The molecular weight excluding hydrogens is 252 g/mol. The van der Waals surface area contributed by atoms with E-state index in [1.807, 2.05) is 35.9 Å². The van der Waals surface area contributed by atoms with E-state index in [2.05, 4.69) is 23.9 Å². The number of para-hydroxylation sites is 1. The molecule has 0 saturated heterocycles. The molecule has 0 amide bonds. The van der Waals surface area contributed by atoms with Crippen molar-refractivity contribution in [3.63, 3.8) is 0 Å². The van der Waals surface area contributed by atoms with Crippen LogP contribution in [0.4, 0.5) is 0 Å². The highest BCUT2D eigenvalue weighted by Crippen LogP contribution is 2.20. The normalized spacial score (nSPS) is 12.7. The predicted molar refractivity (Wildman–Crippen MR) is 78.5 cm³/mol. The van der Waals surface area contributed by atoms with Crippen LogP contribution in [0.2, 0.25) is 0 Å². The van der Waals surface area contributed by atoms with E-state index in [4.69, 9.17) is 10.5 Å². The Bertz CT molecular complexity index is 548. The number of hydrogen-bond donors (Lipinski definition) is 1. The van der Waals surface area contributed by atoms with Crippen LogP contribution in [0.3, 0.4) is 0 Å². The molecule has 1 aromatic heterocycles. The van der Waals surface area contributed by atoms with Crippen LogP contribution >= 0.6 is 0 Å². The van der Waals surface area contributed by atoms with Crippen LogP contribution in [0.25, 0.3) is 0 Å². The summed E-state index contributed by atoms with van der Waals surface area (Å²) in [6, 6.07) is 8.36. The molecule has 0 aliphatic heterocycles. The highest BCUT2D eigenvalue weighted by Gasteiger charge is 2.10. The molecule has 20 heavy (non-hydrogen) atoms. The minimum atomic E-state index is 0.110. The van der Waals surface area contributed by atoms with Gasteiger partial charge in [0.1, 0.15) is 18.7 Å². The van der Waals surface area contributed by atoms with Crippen molar-refractivity contribution in [1.29, 1.82) is 0 Å². The third-order valence-electron chi connectivity index (χ3n) is 3.01. The van der Waals surface area contributed by atoms with Gasteiger partial charge >= 0.3 is 0 Å². The third-order valence-corrected chi connectivity index (χ3v) is 3.01. The first kappa shape index (κ1) is 14.5. The minimum Gasteiger partial charge on any atom is -0.485 e. The monoisotopic (exact) mass is 274 g/mol. The van der Waals surface area contributed by atoms with Crippen LogP contribution in [0, 0.1) is 0 Å². The maximum atomic E-state index is 5.89. The van der Waals surface area contributed by atoms with E-state index in [0.717, 1.165) is 23.6 Å². The van der Waals surface area contributed by atoms with Crippen molar-refractivity contribution in [3.05, 3.63) is 42.0 Å². The standard InChI is InChI=1S/C15H22N4O/c1-11(2)19-15(17-10-18-19)9-20-14-7-5-4-6-13(14)8-12(3)16/h4-7,10-12H,8-9,16H2,1-3H3. The van der Waals surface area contributed by atoms with Gasteiger partial charge in [-0.05, 0) is 38.8 Å². The maximum Gasteiger partial charge on any atom is 0.165 e. The van der Waals surface area contributed by atoms with Gasteiger partial charge in [-0.25, -0.2) is 9.67 Å². The zero-order valence-electron chi connectivity index (χ0n) is 12.3. The lowest BCUT2D eigenvalue weighted by Gasteiger charge is -2.14. The Kier molecular flexibility index (Phi) is 4.74. The summed E-state index contributed by atoms with van der Waals surface area (Å²) < 4.78 is 7.76. The molecule has 1 atom stereocenters. The van der Waals surface area contributed by atoms with Crippen LogP contribution in [-0.4, -0.2) is 20.8 Å². The van der Waals surface area contributed by atoms with Gasteiger partial charge in [0.25, 0.3) is 0 Å². The molecule has 0 spiro atoms. The highest BCUT2D eigenvalue weighted by atomic mass is 16.5. The summed E-state index contributed by atoms with van der Waals surface area (Å²) in [6.45, 7) is 6.55. The molecule has 2 N–H and O–H groups in total. The first-order chi connectivity index (χ1) is 9.58. The van der Waals surface area contributed by atoms with Crippen molar-refractivity contribution in [3.8, 4) is 5.75 Å². The molecule has 2 rings (SSSR count). The second kappa shape index (κ2) is 6.52. The van der Waals surface area contributed by atoms with E-state index in [1.165, 1.54) is 0 Å². The van der Waals surface area contributed by atoms with Crippen molar-refractivity contribution in [2.24, 2.45) is 5.73 Å². The molecule has 5 nitrogen and oxygen atoms in total. The molecule has 0 aliphatic carbocycles. The van der Waals surface area contributed by atoms with E-state index in [-0.39, 0.29) is 12.1 Å². The van der Waals surface area contributed by atoms with Crippen molar-refractivity contribution < 1.29 is 4.74 Å². The first-order valence-electron chi connectivity index (χ1n) is 6.92. The van der Waals surface area contributed by atoms with Gasteiger partial charge in [0.2, 0.25) is 0 Å². The Morgan fingerprint density at radius 1 is 1.25 bits per heavy atom. The van der Waals surface area contributed by atoms with Gasteiger partial charge in [-0.2, -0.15) is 5.10 Å². The van der Waals surface area contributed by atoms with Gasteiger partial charge in [0.15, 0.2) is 5.82 Å². The zero-order valence-corrected chi connectivity index (χ0v) is 12.3. The summed E-state index contributed by atoms with van der Waals surface area (Å²) in [5, 5.41) is 4.20. The topological polar surface area (TPSA) is 66.0 Å². The number of benzene rings is 1. The lowest BCUT2D eigenvalue weighted by Crippen LogP contribution is -2.18. The predicted octanol–water partition coefficient (Wildman–Crippen LogP) is 2.33. The van der Waals surface area contributed by atoms with Gasteiger partial charge in [0, 0.05) is 12.1 Å². The van der Waals surface area contributed by atoms with E-state index in [0.29, 0.717) is 6.61 Å². The van der Waals surface area contributed by atoms with E-state index in [9.17, 15) is 0 Å². The van der Waals surface area contributed by atoms with Crippen molar-refractivity contribution >= 4 is 0 Å². The molecule has 0 saturated carbocycles. The van der Waals surface area contributed by atoms with Crippen LogP contribution in [-0.2, 0) is 13.0 Å². The number of rotatable bonds is 6. The molecule has 0 fully saturated rings. The largest absolute Gasteiger partial charge is 0.485 e. The number of ether oxygens (including phenoxy) is 1. The van der Waals surface area contributed by atoms with Crippen LogP contribution in [0.1, 0.15) is 38.2 Å². The summed E-state index contributed by atoms with van der Waals surface area (Å²) in [6.07, 6.45) is 2.36. The Balaban J connectivity index is 2.09. The second-order valence-electron chi connectivity index (χ2n) is 5.29. The summed E-state index contributed by atoms with van der Waals surface area (Å²) in [5.74, 6) is 1.69. The van der Waals surface area contributed by atoms with Gasteiger partial charge < -0.3 is 10.5 Å². The lowest BCUT2D eigenvalue weighted by atomic mass is 10.1. The van der Waals surface area contributed by atoms with Gasteiger partial charge in [-0.15, -0.1) is 0 Å². The zero-order chi connectivity index (χ0) is 14.5. The first-order valence-corrected chi connectivity index (χ1v) is 6.92. The quantitative estimate of drug-likeness (QED) is 0.878. The fourth-order valence-electron chi connectivity index (χ4n) is 2.11. The average molecular weight is 274 g/mol. The average Bonchev–Trinajstić information content (AvgIpc) is 2.85. The van der Waals surface area contributed by atoms with Crippen molar-refractivity contribution in [2.75, 3.05) is 0 Å². The fourth-order valence-corrected chi connectivity index (χ4v) is 2.11. The SMILES string of the molecule is CC(N)Cc1ccccc1OCc1ncnn1C(C)C. The lowest BCUT2D eigenvalue weighted by molar-refractivity contribution is 0.279. The molecule has 0 bridgehead atoms. The number of aromatic nitrogens is 3. The molecule has 0 radical (unpaired) electrons. The maximum absolute atomic E-state index is 5.89.